The minimum atomic E-state index is -0.651. The molecule has 1 aromatic heterocycles. The van der Waals surface area contributed by atoms with Crippen LogP contribution < -0.4 is 20.3 Å². The predicted molar refractivity (Wildman–Crippen MR) is 117 cm³/mol. The number of nitrogens with zero attached hydrogens (tertiary/aromatic N) is 3. The molecule has 0 amide bonds. The average molecular weight is 398 g/mol. The molecule has 1 aromatic carbocycles. The van der Waals surface area contributed by atoms with Crippen LogP contribution >= 0.6 is 0 Å². The van der Waals surface area contributed by atoms with Gasteiger partial charge in [0.1, 0.15) is 11.6 Å². The van der Waals surface area contributed by atoms with Crippen LogP contribution in [0.25, 0.3) is 0 Å². The highest BCUT2D eigenvalue weighted by Crippen LogP contribution is 2.19. The number of guanidine groups is 1. The Balaban J connectivity index is 1.52. The monoisotopic (exact) mass is 397 g/mol. The van der Waals surface area contributed by atoms with Crippen molar-refractivity contribution < 1.29 is 9.84 Å². The van der Waals surface area contributed by atoms with E-state index in [9.17, 15) is 5.11 Å². The van der Waals surface area contributed by atoms with E-state index in [-0.39, 0.29) is 0 Å². The standard InChI is InChI=1S/C22H31N5O2/c1-3-23-22(25-16-20(28)17-7-9-19(29-2)10-8-17)26-18-11-14-27(15-12-18)21-6-4-5-13-24-21/h4-10,13,18,20,28H,3,11-12,14-16H2,1-2H3,(H2,23,25,26). The Morgan fingerprint density at radius 3 is 2.62 bits per heavy atom. The predicted octanol–water partition coefficient (Wildman–Crippen LogP) is 2.35. The van der Waals surface area contributed by atoms with Crippen molar-refractivity contribution in [2.24, 2.45) is 4.99 Å². The molecular formula is C22H31N5O2. The SMILES string of the molecule is CCNC(=NCC(O)c1ccc(OC)cc1)NC1CCN(c2ccccn2)CC1. The Morgan fingerprint density at radius 1 is 1.24 bits per heavy atom. The molecule has 7 heteroatoms. The van der Waals surface area contributed by atoms with Gasteiger partial charge in [-0.25, -0.2) is 4.98 Å². The average Bonchev–Trinajstić information content (AvgIpc) is 2.78. The van der Waals surface area contributed by atoms with E-state index in [2.05, 4.69) is 31.6 Å². The first-order valence-electron chi connectivity index (χ1n) is 10.2. The van der Waals surface area contributed by atoms with E-state index >= 15 is 0 Å². The third kappa shape index (κ3) is 6.09. The summed E-state index contributed by atoms with van der Waals surface area (Å²) in [6.45, 7) is 5.04. The summed E-state index contributed by atoms with van der Waals surface area (Å²) in [5.74, 6) is 2.56. The zero-order chi connectivity index (χ0) is 20.5. The maximum atomic E-state index is 10.5. The first-order chi connectivity index (χ1) is 14.2. The number of anilines is 1. The van der Waals surface area contributed by atoms with Crippen LogP contribution in [0.1, 0.15) is 31.4 Å². The molecule has 1 fully saturated rings. The van der Waals surface area contributed by atoms with E-state index in [1.807, 2.05) is 49.5 Å². The molecule has 0 saturated carbocycles. The number of hydrogen-bond acceptors (Lipinski definition) is 5. The molecule has 7 nitrogen and oxygen atoms in total. The quantitative estimate of drug-likeness (QED) is 0.491. The summed E-state index contributed by atoms with van der Waals surface area (Å²) in [6.07, 6.45) is 3.22. The number of ether oxygens (including phenoxy) is 1. The molecule has 29 heavy (non-hydrogen) atoms. The smallest absolute Gasteiger partial charge is 0.191 e. The van der Waals surface area contributed by atoms with Crippen molar-refractivity contribution in [3.8, 4) is 5.75 Å². The van der Waals surface area contributed by atoms with Gasteiger partial charge in [-0.3, -0.25) is 4.99 Å². The molecule has 1 aliphatic heterocycles. The zero-order valence-corrected chi connectivity index (χ0v) is 17.2. The normalized spacial score (nSPS) is 16.4. The Morgan fingerprint density at radius 2 is 2.00 bits per heavy atom. The maximum absolute atomic E-state index is 10.5. The molecule has 3 rings (SSSR count). The van der Waals surface area contributed by atoms with E-state index in [0.29, 0.717) is 12.6 Å². The van der Waals surface area contributed by atoms with Gasteiger partial charge in [-0.1, -0.05) is 18.2 Å². The lowest BCUT2D eigenvalue weighted by Gasteiger charge is -2.33. The number of aliphatic hydroxyl groups is 1. The van der Waals surface area contributed by atoms with Gasteiger partial charge in [0.25, 0.3) is 0 Å². The lowest BCUT2D eigenvalue weighted by Crippen LogP contribution is -2.49. The van der Waals surface area contributed by atoms with Crippen LogP contribution in [0.15, 0.2) is 53.7 Å². The largest absolute Gasteiger partial charge is 0.497 e. The molecule has 156 valence electrons. The second kappa shape index (κ2) is 10.7. The highest BCUT2D eigenvalue weighted by atomic mass is 16.5. The minimum absolute atomic E-state index is 0.300. The van der Waals surface area contributed by atoms with Crippen molar-refractivity contribution in [2.45, 2.75) is 31.9 Å². The van der Waals surface area contributed by atoms with Gasteiger partial charge in [0.15, 0.2) is 5.96 Å². The van der Waals surface area contributed by atoms with Crippen LogP contribution in [0.3, 0.4) is 0 Å². The molecule has 1 atom stereocenters. The van der Waals surface area contributed by atoms with Gasteiger partial charge in [0.2, 0.25) is 0 Å². The first kappa shape index (κ1) is 20.9. The fraction of sp³-hybridized carbons (Fsp3) is 0.455. The molecule has 0 bridgehead atoms. The number of methoxy groups -OCH3 is 1. The lowest BCUT2D eigenvalue weighted by molar-refractivity contribution is 0.187. The van der Waals surface area contributed by atoms with Gasteiger partial charge in [-0.05, 0) is 49.6 Å². The van der Waals surface area contributed by atoms with E-state index in [1.54, 1.807) is 7.11 Å². The van der Waals surface area contributed by atoms with Crippen molar-refractivity contribution >= 4 is 11.8 Å². The van der Waals surface area contributed by atoms with E-state index in [1.165, 1.54) is 0 Å². The van der Waals surface area contributed by atoms with Crippen molar-refractivity contribution in [3.63, 3.8) is 0 Å². The van der Waals surface area contributed by atoms with Crippen LogP contribution in [0.2, 0.25) is 0 Å². The highest BCUT2D eigenvalue weighted by Gasteiger charge is 2.21. The van der Waals surface area contributed by atoms with Crippen molar-refractivity contribution in [1.29, 1.82) is 0 Å². The van der Waals surface area contributed by atoms with Gasteiger partial charge < -0.3 is 25.4 Å². The molecule has 0 spiro atoms. The molecular weight excluding hydrogens is 366 g/mol. The second-order valence-electron chi connectivity index (χ2n) is 7.10. The third-order valence-electron chi connectivity index (χ3n) is 5.08. The Hall–Kier alpha value is -2.80. The number of aromatic nitrogens is 1. The molecule has 1 unspecified atom stereocenters. The highest BCUT2D eigenvalue weighted by molar-refractivity contribution is 5.80. The van der Waals surface area contributed by atoms with Gasteiger partial charge in [0, 0.05) is 31.9 Å². The molecule has 0 aliphatic carbocycles. The summed E-state index contributed by atoms with van der Waals surface area (Å²) in [7, 11) is 1.63. The molecule has 3 N–H and O–H groups in total. The lowest BCUT2D eigenvalue weighted by atomic mass is 10.1. The Labute approximate surface area is 172 Å². The van der Waals surface area contributed by atoms with Crippen LogP contribution in [0.5, 0.6) is 5.75 Å². The second-order valence-corrected chi connectivity index (χ2v) is 7.10. The molecule has 0 radical (unpaired) electrons. The van der Waals surface area contributed by atoms with E-state index < -0.39 is 6.10 Å². The number of nitrogens with one attached hydrogen (secondary N) is 2. The first-order valence-corrected chi connectivity index (χ1v) is 10.2. The number of aliphatic hydroxyl groups excluding tert-OH is 1. The summed E-state index contributed by atoms with van der Waals surface area (Å²) < 4.78 is 5.16. The maximum Gasteiger partial charge on any atom is 0.191 e. The van der Waals surface area contributed by atoms with Gasteiger partial charge in [-0.2, -0.15) is 0 Å². The van der Waals surface area contributed by atoms with Crippen molar-refractivity contribution in [3.05, 3.63) is 54.2 Å². The molecule has 2 heterocycles. The van der Waals surface area contributed by atoms with Gasteiger partial charge in [0.05, 0.1) is 19.8 Å². The number of benzene rings is 1. The molecule has 1 aliphatic rings. The fourth-order valence-electron chi connectivity index (χ4n) is 3.42. The summed E-state index contributed by atoms with van der Waals surface area (Å²) >= 11 is 0. The van der Waals surface area contributed by atoms with Crippen molar-refractivity contribution in [2.75, 3.05) is 38.2 Å². The third-order valence-corrected chi connectivity index (χ3v) is 5.08. The van der Waals surface area contributed by atoms with Crippen molar-refractivity contribution in [1.82, 2.24) is 15.6 Å². The topological polar surface area (TPSA) is 82.0 Å². The number of rotatable bonds is 7. The Bertz CT molecular complexity index is 759. The van der Waals surface area contributed by atoms with Crippen LogP contribution in [0.4, 0.5) is 5.82 Å². The number of pyridine rings is 1. The van der Waals surface area contributed by atoms with Gasteiger partial charge >= 0.3 is 0 Å². The summed E-state index contributed by atoms with van der Waals surface area (Å²) in [4.78, 5) is 11.3. The Kier molecular flexibility index (Phi) is 7.69. The van der Waals surface area contributed by atoms with Crippen LogP contribution in [-0.4, -0.2) is 55.4 Å². The molecule has 1 saturated heterocycles. The van der Waals surface area contributed by atoms with Crippen LogP contribution in [-0.2, 0) is 0 Å². The van der Waals surface area contributed by atoms with E-state index in [0.717, 1.165) is 55.6 Å². The number of hydrogen-bond donors (Lipinski definition) is 3. The zero-order valence-electron chi connectivity index (χ0n) is 17.2. The van der Waals surface area contributed by atoms with Crippen LogP contribution in [0, 0.1) is 0 Å². The summed E-state index contributed by atoms with van der Waals surface area (Å²) in [5, 5.41) is 17.2. The minimum Gasteiger partial charge on any atom is -0.497 e. The number of aliphatic imine (C=N–C) groups is 1. The number of piperidine rings is 1. The molecule has 2 aromatic rings. The van der Waals surface area contributed by atoms with E-state index in [4.69, 9.17) is 4.74 Å². The van der Waals surface area contributed by atoms with Gasteiger partial charge in [-0.15, -0.1) is 0 Å². The summed E-state index contributed by atoms with van der Waals surface area (Å²) in [6, 6.07) is 13.8. The fourth-order valence-corrected chi connectivity index (χ4v) is 3.42. The summed E-state index contributed by atoms with van der Waals surface area (Å²) in [5.41, 5.74) is 0.828.